The highest BCUT2D eigenvalue weighted by Crippen LogP contribution is 2.24. The van der Waals surface area contributed by atoms with Crippen LogP contribution in [0.15, 0.2) is 43.0 Å². The first-order valence-corrected chi connectivity index (χ1v) is 7.94. The molecule has 1 aromatic carbocycles. The summed E-state index contributed by atoms with van der Waals surface area (Å²) in [5.41, 5.74) is 0.483. The zero-order chi connectivity index (χ0) is 16.7. The van der Waals surface area contributed by atoms with Crippen LogP contribution in [-0.2, 0) is 14.2 Å². The maximum atomic E-state index is 12.1. The Morgan fingerprint density at radius 3 is 2.87 bits per heavy atom. The second-order valence-corrected chi connectivity index (χ2v) is 5.62. The maximum absolute atomic E-state index is 12.1. The lowest BCUT2D eigenvalue weighted by Gasteiger charge is -2.37. The number of esters is 1. The van der Waals surface area contributed by atoms with Crippen LogP contribution >= 0.6 is 0 Å². The molecule has 0 unspecified atom stereocenters. The van der Waals surface area contributed by atoms with Crippen LogP contribution in [0.3, 0.4) is 0 Å². The molecule has 1 aliphatic rings. The molecule has 1 saturated heterocycles. The fraction of sp³-hybridized carbons (Fsp3) is 0.500. The maximum Gasteiger partial charge on any atom is 0.338 e. The quantitative estimate of drug-likeness (QED) is 0.475. The van der Waals surface area contributed by atoms with E-state index in [2.05, 4.69) is 6.58 Å². The summed E-state index contributed by atoms with van der Waals surface area (Å²) in [6, 6.07) is 8.77. The first kappa shape index (κ1) is 17.7. The molecule has 2 rings (SSSR count). The molecule has 4 atom stereocenters. The molecule has 0 saturated carbocycles. The summed E-state index contributed by atoms with van der Waals surface area (Å²) in [5, 5.41) is 10.1. The summed E-state index contributed by atoms with van der Waals surface area (Å²) in [6.45, 7) is 5.96. The number of carbonyl (C=O) groups excluding carboxylic acids is 1. The molecule has 1 aromatic rings. The number of hydrogen-bond donors (Lipinski definition) is 1. The van der Waals surface area contributed by atoms with Crippen molar-refractivity contribution in [3.8, 4) is 0 Å². The number of aliphatic hydroxyl groups is 1. The number of ether oxygens (including phenoxy) is 3. The molecule has 0 spiro atoms. The van der Waals surface area contributed by atoms with Gasteiger partial charge in [0.25, 0.3) is 0 Å². The fourth-order valence-electron chi connectivity index (χ4n) is 2.43. The van der Waals surface area contributed by atoms with E-state index in [9.17, 15) is 9.90 Å². The van der Waals surface area contributed by atoms with E-state index in [0.717, 1.165) is 12.8 Å². The minimum atomic E-state index is -0.816. The fourth-order valence-corrected chi connectivity index (χ4v) is 2.43. The second-order valence-electron chi connectivity index (χ2n) is 5.62. The Hall–Kier alpha value is -1.69. The van der Waals surface area contributed by atoms with E-state index in [0.29, 0.717) is 18.6 Å². The van der Waals surface area contributed by atoms with Gasteiger partial charge >= 0.3 is 5.97 Å². The molecule has 5 heteroatoms. The third-order valence-electron chi connectivity index (χ3n) is 3.76. The van der Waals surface area contributed by atoms with E-state index >= 15 is 0 Å². The largest absolute Gasteiger partial charge is 0.456 e. The molecule has 1 N–H and O–H groups in total. The van der Waals surface area contributed by atoms with Gasteiger partial charge in [0.2, 0.25) is 0 Å². The van der Waals surface area contributed by atoms with E-state index in [1.165, 1.54) is 0 Å². The number of unbranched alkanes of at least 4 members (excludes halogenated alkanes) is 1. The summed E-state index contributed by atoms with van der Waals surface area (Å²) >= 11 is 0. The van der Waals surface area contributed by atoms with Gasteiger partial charge in [-0.25, -0.2) is 4.79 Å². The van der Waals surface area contributed by atoms with E-state index in [1.54, 1.807) is 24.3 Å². The Bertz CT molecular complexity index is 501. The highest BCUT2D eigenvalue weighted by Gasteiger charge is 2.37. The molecular formula is C18H24O5. The van der Waals surface area contributed by atoms with Crippen LogP contribution in [0.2, 0.25) is 0 Å². The molecule has 1 heterocycles. The smallest absolute Gasteiger partial charge is 0.338 e. The normalized spacial score (nSPS) is 27.4. The molecule has 5 nitrogen and oxygen atoms in total. The molecule has 0 radical (unpaired) electrons. The van der Waals surface area contributed by atoms with Crippen LogP contribution in [0, 0.1) is 0 Å². The molecule has 23 heavy (non-hydrogen) atoms. The van der Waals surface area contributed by atoms with Crippen LogP contribution in [0.4, 0.5) is 0 Å². The third kappa shape index (κ3) is 5.16. The molecule has 0 aliphatic carbocycles. The van der Waals surface area contributed by atoms with Gasteiger partial charge in [0, 0.05) is 6.42 Å². The first-order chi connectivity index (χ1) is 11.1. The van der Waals surface area contributed by atoms with Gasteiger partial charge < -0.3 is 19.3 Å². The summed E-state index contributed by atoms with van der Waals surface area (Å²) in [4.78, 5) is 12.1. The van der Waals surface area contributed by atoms with E-state index < -0.39 is 24.5 Å². The summed E-state index contributed by atoms with van der Waals surface area (Å²) < 4.78 is 16.7. The number of hydrogen-bond acceptors (Lipinski definition) is 5. The van der Waals surface area contributed by atoms with Crippen molar-refractivity contribution in [1.82, 2.24) is 0 Å². The average Bonchev–Trinajstić information content (AvgIpc) is 2.56. The lowest BCUT2D eigenvalue weighted by molar-refractivity contribution is -0.260. The van der Waals surface area contributed by atoms with Crippen molar-refractivity contribution in [3.63, 3.8) is 0 Å². The van der Waals surface area contributed by atoms with Crippen molar-refractivity contribution in [1.29, 1.82) is 0 Å². The summed E-state index contributed by atoms with van der Waals surface area (Å²) in [5.74, 6) is -0.413. The van der Waals surface area contributed by atoms with Gasteiger partial charge in [-0.2, -0.15) is 0 Å². The molecular weight excluding hydrogens is 296 g/mol. The van der Waals surface area contributed by atoms with Crippen molar-refractivity contribution in [2.24, 2.45) is 0 Å². The van der Waals surface area contributed by atoms with Crippen molar-refractivity contribution in [3.05, 3.63) is 48.6 Å². The van der Waals surface area contributed by atoms with E-state index in [4.69, 9.17) is 14.2 Å². The van der Waals surface area contributed by atoms with Crippen molar-refractivity contribution < 1.29 is 24.1 Å². The number of carbonyl (C=O) groups is 1. The van der Waals surface area contributed by atoms with Crippen LogP contribution < -0.4 is 0 Å². The number of benzene rings is 1. The Balaban J connectivity index is 1.84. The van der Waals surface area contributed by atoms with Gasteiger partial charge in [-0.1, -0.05) is 24.3 Å². The monoisotopic (exact) mass is 320 g/mol. The van der Waals surface area contributed by atoms with Crippen molar-refractivity contribution in [2.45, 2.75) is 50.8 Å². The first-order valence-electron chi connectivity index (χ1n) is 7.94. The van der Waals surface area contributed by atoms with Crippen molar-refractivity contribution in [2.75, 3.05) is 6.61 Å². The van der Waals surface area contributed by atoms with E-state index in [-0.39, 0.29) is 6.10 Å². The highest BCUT2D eigenvalue weighted by molar-refractivity contribution is 5.89. The Labute approximate surface area is 136 Å². The molecule has 1 fully saturated rings. The number of rotatable bonds is 7. The average molecular weight is 320 g/mol. The zero-order valence-corrected chi connectivity index (χ0v) is 13.4. The lowest BCUT2D eigenvalue weighted by Crippen LogP contribution is -2.48. The Morgan fingerprint density at radius 1 is 1.43 bits per heavy atom. The van der Waals surface area contributed by atoms with Gasteiger partial charge in [0.1, 0.15) is 12.2 Å². The summed E-state index contributed by atoms with van der Waals surface area (Å²) in [6.07, 6.45) is 1.48. The molecule has 126 valence electrons. The molecule has 0 aromatic heterocycles. The van der Waals surface area contributed by atoms with Crippen LogP contribution in [0.25, 0.3) is 0 Å². The molecule has 0 amide bonds. The van der Waals surface area contributed by atoms with Crippen LogP contribution in [0.1, 0.15) is 36.5 Å². The SMILES string of the molecule is C=CCCCO[C@@H]1O[C@@H](C)[C@H](OC(=O)c2ccccc2)C[C@H]1O. The van der Waals surface area contributed by atoms with Gasteiger partial charge in [0.05, 0.1) is 18.3 Å². The third-order valence-corrected chi connectivity index (χ3v) is 3.76. The van der Waals surface area contributed by atoms with Crippen molar-refractivity contribution >= 4 is 5.97 Å². The highest BCUT2D eigenvalue weighted by atomic mass is 16.7. The van der Waals surface area contributed by atoms with Crippen LogP contribution in [0.5, 0.6) is 0 Å². The standard InChI is InChI=1S/C18H24O5/c1-3-4-8-11-21-18-15(19)12-16(13(2)22-18)23-17(20)14-9-6-5-7-10-14/h3,5-7,9-10,13,15-16,18-19H,1,4,8,11-12H2,2H3/t13-,15+,16+,18+/m0/s1. The predicted octanol–water partition coefficient (Wildman–Crippen LogP) is 2.69. The van der Waals surface area contributed by atoms with Gasteiger partial charge in [-0.3, -0.25) is 0 Å². The summed E-state index contributed by atoms with van der Waals surface area (Å²) in [7, 11) is 0. The van der Waals surface area contributed by atoms with Gasteiger partial charge in [-0.05, 0) is 31.9 Å². The predicted molar refractivity (Wildman–Crippen MR) is 86.0 cm³/mol. The van der Waals surface area contributed by atoms with Crippen LogP contribution in [-0.4, -0.2) is 42.3 Å². The zero-order valence-electron chi connectivity index (χ0n) is 13.4. The molecule has 1 aliphatic heterocycles. The number of allylic oxidation sites excluding steroid dienone is 1. The minimum absolute atomic E-state index is 0.297. The minimum Gasteiger partial charge on any atom is -0.456 e. The Morgan fingerprint density at radius 2 is 2.17 bits per heavy atom. The lowest BCUT2D eigenvalue weighted by atomic mass is 10.0. The number of aliphatic hydroxyl groups excluding tert-OH is 1. The van der Waals surface area contributed by atoms with Gasteiger partial charge in [-0.15, -0.1) is 6.58 Å². The van der Waals surface area contributed by atoms with E-state index in [1.807, 2.05) is 19.1 Å². The topological polar surface area (TPSA) is 65.0 Å². The molecule has 0 bridgehead atoms. The van der Waals surface area contributed by atoms with Gasteiger partial charge in [0.15, 0.2) is 6.29 Å². The second kappa shape index (κ2) is 8.82. The Kier molecular flexibility index (Phi) is 6.77.